The highest BCUT2D eigenvalue weighted by molar-refractivity contribution is 5.86. The van der Waals surface area contributed by atoms with Gasteiger partial charge in [-0.2, -0.15) is 0 Å². The largest absolute Gasteiger partial charge is 0.336 e. The molecular weight excluding hydrogens is 434 g/mol. The first-order valence-electron chi connectivity index (χ1n) is 13.1. The zero-order valence-corrected chi connectivity index (χ0v) is 23.1. The summed E-state index contributed by atoms with van der Waals surface area (Å²) in [6, 6.07) is 33.6. The minimum absolute atomic E-state index is 0.00268. The lowest BCUT2D eigenvalue weighted by Gasteiger charge is -2.41. The molecule has 0 fully saturated rings. The van der Waals surface area contributed by atoms with Gasteiger partial charge in [0.05, 0.1) is 0 Å². The third kappa shape index (κ3) is 4.05. The van der Waals surface area contributed by atoms with E-state index in [0.717, 1.165) is 0 Å². The first kappa shape index (κ1) is 24.4. The van der Waals surface area contributed by atoms with Gasteiger partial charge in [0.25, 0.3) is 0 Å². The fraction of sp³-hybridized carbons (Fsp3) is 0.314. The third-order valence-corrected chi connectivity index (χ3v) is 7.65. The Kier molecular flexibility index (Phi) is 5.67. The third-order valence-electron chi connectivity index (χ3n) is 7.65. The number of hydrogen-bond donors (Lipinski definition) is 0. The Morgan fingerprint density at radius 2 is 1.17 bits per heavy atom. The minimum Gasteiger partial charge on any atom is -0.336 e. The van der Waals surface area contributed by atoms with E-state index in [4.69, 9.17) is 0 Å². The van der Waals surface area contributed by atoms with Crippen molar-refractivity contribution in [2.24, 2.45) is 0 Å². The second kappa shape index (κ2) is 8.37. The van der Waals surface area contributed by atoms with E-state index >= 15 is 0 Å². The van der Waals surface area contributed by atoms with Gasteiger partial charge in [0, 0.05) is 22.3 Å². The van der Waals surface area contributed by atoms with Crippen molar-refractivity contribution in [1.29, 1.82) is 0 Å². The van der Waals surface area contributed by atoms with Gasteiger partial charge in [-0.25, -0.2) is 0 Å². The molecule has 4 aromatic rings. The zero-order chi connectivity index (χ0) is 25.9. The fourth-order valence-corrected chi connectivity index (χ4v) is 5.84. The van der Waals surface area contributed by atoms with Crippen LogP contribution in [-0.2, 0) is 10.8 Å². The van der Waals surface area contributed by atoms with Crippen LogP contribution < -0.4 is 4.90 Å². The summed E-state index contributed by atoms with van der Waals surface area (Å²) in [4.78, 5) is 2.54. The molecule has 0 amide bonds. The normalized spacial score (nSPS) is 14.3. The Balaban J connectivity index is 1.72. The van der Waals surface area contributed by atoms with Crippen molar-refractivity contribution in [3.63, 3.8) is 0 Å². The molecule has 0 unspecified atom stereocenters. The Morgan fingerprint density at radius 1 is 0.583 bits per heavy atom. The summed E-state index contributed by atoms with van der Waals surface area (Å²) in [5.41, 5.74) is 11.9. The highest BCUT2D eigenvalue weighted by Gasteiger charge is 2.38. The average Bonchev–Trinajstić information content (AvgIpc) is 3.05. The second-order valence-corrected chi connectivity index (χ2v) is 12.8. The summed E-state index contributed by atoms with van der Waals surface area (Å²) in [5.74, 6) is 0. The van der Waals surface area contributed by atoms with E-state index in [-0.39, 0.29) is 16.4 Å². The van der Waals surface area contributed by atoms with Crippen LogP contribution in [0.3, 0.4) is 0 Å². The van der Waals surface area contributed by atoms with Crippen molar-refractivity contribution in [1.82, 2.24) is 0 Å². The first-order chi connectivity index (χ1) is 16.9. The van der Waals surface area contributed by atoms with E-state index in [1.54, 1.807) is 0 Å². The van der Waals surface area contributed by atoms with Gasteiger partial charge in [0.1, 0.15) is 0 Å². The van der Waals surface area contributed by atoms with Crippen LogP contribution in [0.1, 0.15) is 72.1 Å². The van der Waals surface area contributed by atoms with Gasteiger partial charge in [-0.15, -0.1) is 0 Å². The standard InChI is InChI=1S/C35H39N/c1-33(2,3)31-23-30-28(27-16-12-13-17-29(27)35(30,7)8)22-32(31)36(34(4,5)6)26-20-18-25(19-21-26)24-14-10-9-11-15-24/h9-23H,1-8H3. The van der Waals surface area contributed by atoms with E-state index < -0.39 is 0 Å². The van der Waals surface area contributed by atoms with Crippen LogP contribution in [0.25, 0.3) is 22.3 Å². The van der Waals surface area contributed by atoms with E-state index in [1.807, 2.05) is 0 Å². The molecule has 0 saturated heterocycles. The first-order valence-corrected chi connectivity index (χ1v) is 13.1. The fourth-order valence-electron chi connectivity index (χ4n) is 5.84. The maximum Gasteiger partial charge on any atom is 0.0460 e. The Hall–Kier alpha value is -3.32. The van der Waals surface area contributed by atoms with Gasteiger partial charge in [-0.1, -0.05) is 107 Å². The monoisotopic (exact) mass is 473 g/mol. The lowest BCUT2D eigenvalue weighted by Crippen LogP contribution is -2.39. The summed E-state index contributed by atoms with van der Waals surface area (Å²) >= 11 is 0. The summed E-state index contributed by atoms with van der Waals surface area (Å²) in [5, 5.41) is 0. The molecule has 0 saturated carbocycles. The quantitative estimate of drug-likeness (QED) is 0.286. The maximum atomic E-state index is 2.54. The van der Waals surface area contributed by atoms with Crippen molar-refractivity contribution in [3.05, 3.63) is 108 Å². The molecule has 1 aliphatic rings. The Labute approximate surface area is 217 Å². The molecule has 0 N–H and O–H groups in total. The SMILES string of the molecule is CC(C)(C)c1cc2c(cc1N(c1ccc(-c3ccccc3)cc1)C(C)(C)C)-c1ccccc1C2(C)C. The molecule has 184 valence electrons. The molecule has 5 rings (SSSR count). The number of nitrogens with zero attached hydrogens (tertiary/aromatic N) is 1. The van der Waals surface area contributed by atoms with Crippen LogP contribution in [0.5, 0.6) is 0 Å². The highest BCUT2D eigenvalue weighted by Crippen LogP contribution is 2.53. The maximum absolute atomic E-state index is 2.54. The summed E-state index contributed by atoms with van der Waals surface area (Å²) < 4.78 is 0. The Morgan fingerprint density at radius 3 is 1.78 bits per heavy atom. The van der Waals surface area contributed by atoms with Crippen LogP contribution in [0.2, 0.25) is 0 Å². The number of benzene rings is 4. The smallest absolute Gasteiger partial charge is 0.0460 e. The van der Waals surface area contributed by atoms with E-state index in [1.165, 1.54) is 50.3 Å². The molecule has 4 aromatic carbocycles. The van der Waals surface area contributed by atoms with E-state index in [0.29, 0.717) is 0 Å². The predicted octanol–water partition coefficient (Wildman–Crippen LogP) is 9.89. The lowest BCUT2D eigenvalue weighted by molar-refractivity contribution is 0.542. The molecule has 0 radical (unpaired) electrons. The van der Waals surface area contributed by atoms with Crippen molar-refractivity contribution >= 4 is 11.4 Å². The van der Waals surface area contributed by atoms with Crippen molar-refractivity contribution in [2.75, 3.05) is 4.90 Å². The predicted molar refractivity (Wildman–Crippen MR) is 156 cm³/mol. The van der Waals surface area contributed by atoms with Gasteiger partial charge >= 0.3 is 0 Å². The summed E-state index contributed by atoms with van der Waals surface area (Å²) in [7, 11) is 0. The van der Waals surface area contributed by atoms with Gasteiger partial charge in [0.15, 0.2) is 0 Å². The summed E-state index contributed by atoms with van der Waals surface area (Å²) in [6.45, 7) is 18.7. The molecule has 1 nitrogen and oxygen atoms in total. The molecule has 0 heterocycles. The number of fused-ring (bicyclic) bond motifs is 3. The topological polar surface area (TPSA) is 3.24 Å². The average molecular weight is 474 g/mol. The van der Waals surface area contributed by atoms with Crippen molar-refractivity contribution in [3.8, 4) is 22.3 Å². The molecule has 0 spiro atoms. The molecule has 0 bridgehead atoms. The van der Waals surface area contributed by atoms with Gasteiger partial charge in [-0.05, 0) is 83.3 Å². The van der Waals surface area contributed by atoms with Crippen LogP contribution in [0.15, 0.2) is 91.0 Å². The van der Waals surface area contributed by atoms with Crippen LogP contribution in [-0.4, -0.2) is 5.54 Å². The molecule has 1 heteroatoms. The van der Waals surface area contributed by atoms with Crippen LogP contribution >= 0.6 is 0 Å². The molecule has 0 atom stereocenters. The van der Waals surface area contributed by atoms with Crippen LogP contribution in [0, 0.1) is 0 Å². The van der Waals surface area contributed by atoms with Crippen molar-refractivity contribution in [2.45, 2.75) is 71.8 Å². The molecule has 36 heavy (non-hydrogen) atoms. The van der Waals surface area contributed by atoms with Gasteiger partial charge < -0.3 is 4.90 Å². The van der Waals surface area contributed by atoms with Gasteiger partial charge in [-0.3, -0.25) is 0 Å². The van der Waals surface area contributed by atoms with Crippen LogP contribution in [0.4, 0.5) is 11.4 Å². The molecule has 1 aliphatic carbocycles. The zero-order valence-electron chi connectivity index (χ0n) is 23.1. The number of anilines is 2. The molecule has 0 aliphatic heterocycles. The Bertz CT molecular complexity index is 1390. The second-order valence-electron chi connectivity index (χ2n) is 12.8. The molecule has 0 aromatic heterocycles. The summed E-state index contributed by atoms with van der Waals surface area (Å²) in [6.07, 6.45) is 0. The van der Waals surface area contributed by atoms with Crippen molar-refractivity contribution < 1.29 is 0 Å². The minimum atomic E-state index is -0.101. The van der Waals surface area contributed by atoms with Gasteiger partial charge in [0.2, 0.25) is 0 Å². The van der Waals surface area contributed by atoms with E-state index in [2.05, 4.69) is 151 Å². The lowest BCUT2D eigenvalue weighted by atomic mass is 9.77. The number of hydrogen-bond acceptors (Lipinski definition) is 1. The highest BCUT2D eigenvalue weighted by atomic mass is 15.2. The molecular formula is C35H39N. The van der Waals surface area contributed by atoms with E-state index in [9.17, 15) is 0 Å². The number of rotatable bonds is 3.